The fraction of sp³-hybridized carbons (Fsp3) is 0.500. The van der Waals surface area contributed by atoms with E-state index in [0.29, 0.717) is 26.2 Å². The molecule has 1 aliphatic rings. The summed E-state index contributed by atoms with van der Waals surface area (Å²) in [6.07, 6.45) is 0. The lowest BCUT2D eigenvalue weighted by atomic mass is 10.1. The van der Waals surface area contributed by atoms with Gasteiger partial charge in [0.25, 0.3) is 0 Å². The topological polar surface area (TPSA) is 52.7 Å². The van der Waals surface area contributed by atoms with Crippen molar-refractivity contribution in [3.05, 3.63) is 35.4 Å². The minimum atomic E-state index is 0.0366. The molecule has 0 spiro atoms. The van der Waals surface area contributed by atoms with Crippen LogP contribution in [0.4, 0.5) is 0 Å². The maximum Gasteiger partial charge on any atom is 0.234 e. The smallest absolute Gasteiger partial charge is 0.234 e. The van der Waals surface area contributed by atoms with Gasteiger partial charge < -0.3 is 10.2 Å². The molecule has 0 radical (unpaired) electrons. The molecule has 0 aromatic heterocycles. The lowest BCUT2D eigenvalue weighted by molar-refractivity contribution is -0.131. The fourth-order valence-electron chi connectivity index (χ4n) is 2.48. The Morgan fingerprint density at radius 1 is 1.14 bits per heavy atom. The van der Waals surface area contributed by atoms with Crippen LogP contribution < -0.4 is 5.32 Å². The van der Waals surface area contributed by atoms with Gasteiger partial charge in [-0.2, -0.15) is 0 Å². The number of rotatable bonds is 4. The molecule has 2 amide bonds. The van der Waals surface area contributed by atoms with Crippen molar-refractivity contribution >= 4 is 11.8 Å². The number of nitrogens with one attached hydrogen (secondary N) is 1. The molecule has 5 nitrogen and oxygen atoms in total. The van der Waals surface area contributed by atoms with Gasteiger partial charge in [0.05, 0.1) is 6.54 Å². The van der Waals surface area contributed by atoms with Crippen molar-refractivity contribution in [3.63, 3.8) is 0 Å². The molecule has 0 atom stereocenters. The maximum absolute atomic E-state index is 12.0. The van der Waals surface area contributed by atoms with Crippen LogP contribution in [0.15, 0.2) is 24.3 Å². The lowest BCUT2D eigenvalue weighted by Crippen LogP contribution is -2.50. The van der Waals surface area contributed by atoms with E-state index in [1.807, 2.05) is 36.1 Å². The van der Waals surface area contributed by atoms with Gasteiger partial charge in [0.15, 0.2) is 0 Å². The number of aryl methyl sites for hydroxylation is 1. The van der Waals surface area contributed by atoms with E-state index in [2.05, 4.69) is 10.2 Å². The number of amides is 2. The van der Waals surface area contributed by atoms with Crippen LogP contribution in [0.2, 0.25) is 0 Å². The second-order valence-electron chi connectivity index (χ2n) is 5.49. The van der Waals surface area contributed by atoms with Crippen molar-refractivity contribution in [2.45, 2.75) is 20.4 Å². The number of nitrogens with zero attached hydrogens (tertiary/aromatic N) is 2. The van der Waals surface area contributed by atoms with Crippen LogP contribution in [0.5, 0.6) is 0 Å². The van der Waals surface area contributed by atoms with Gasteiger partial charge in [-0.05, 0) is 18.1 Å². The average molecular weight is 289 g/mol. The highest BCUT2D eigenvalue weighted by atomic mass is 16.2. The van der Waals surface area contributed by atoms with Crippen LogP contribution in [0, 0.1) is 6.92 Å². The molecule has 1 N–H and O–H groups in total. The predicted molar refractivity (Wildman–Crippen MR) is 81.7 cm³/mol. The van der Waals surface area contributed by atoms with Crippen molar-refractivity contribution in [1.29, 1.82) is 0 Å². The molecule has 114 valence electrons. The van der Waals surface area contributed by atoms with E-state index in [1.54, 1.807) is 6.92 Å². The zero-order valence-corrected chi connectivity index (χ0v) is 12.8. The van der Waals surface area contributed by atoms with Crippen LogP contribution in [0.25, 0.3) is 0 Å². The molecular weight excluding hydrogens is 266 g/mol. The standard InChI is InChI=1S/C16H23N3O2/c1-13-5-3-4-6-15(13)11-17-16(21)12-18-7-9-19(10-8-18)14(2)20/h3-6H,7-12H2,1-2H3,(H,17,21). The summed E-state index contributed by atoms with van der Waals surface area (Å²) in [4.78, 5) is 27.1. The minimum Gasteiger partial charge on any atom is -0.351 e. The van der Waals surface area contributed by atoms with E-state index in [0.717, 1.165) is 18.7 Å². The number of hydrogen-bond acceptors (Lipinski definition) is 3. The Morgan fingerprint density at radius 2 is 1.81 bits per heavy atom. The van der Waals surface area contributed by atoms with Crippen LogP contribution in [0.1, 0.15) is 18.1 Å². The molecule has 1 aromatic carbocycles. The van der Waals surface area contributed by atoms with Crippen molar-refractivity contribution in [2.75, 3.05) is 32.7 Å². The monoisotopic (exact) mass is 289 g/mol. The van der Waals surface area contributed by atoms with Gasteiger partial charge >= 0.3 is 0 Å². The van der Waals surface area contributed by atoms with E-state index in [1.165, 1.54) is 5.56 Å². The van der Waals surface area contributed by atoms with Crippen molar-refractivity contribution in [3.8, 4) is 0 Å². The Bertz CT molecular complexity index is 508. The third kappa shape index (κ3) is 4.56. The van der Waals surface area contributed by atoms with Crippen molar-refractivity contribution < 1.29 is 9.59 Å². The Labute approximate surface area is 125 Å². The molecular formula is C16H23N3O2. The highest BCUT2D eigenvalue weighted by Gasteiger charge is 2.20. The van der Waals surface area contributed by atoms with Gasteiger partial charge in [-0.1, -0.05) is 24.3 Å². The molecule has 1 fully saturated rings. The highest BCUT2D eigenvalue weighted by molar-refractivity contribution is 5.78. The first-order chi connectivity index (χ1) is 10.1. The zero-order valence-electron chi connectivity index (χ0n) is 12.8. The molecule has 1 saturated heterocycles. The Morgan fingerprint density at radius 3 is 2.43 bits per heavy atom. The first-order valence-electron chi connectivity index (χ1n) is 7.35. The predicted octanol–water partition coefficient (Wildman–Crippen LogP) is 0.775. The van der Waals surface area contributed by atoms with Crippen molar-refractivity contribution in [2.24, 2.45) is 0 Å². The van der Waals surface area contributed by atoms with Gasteiger partial charge in [-0.15, -0.1) is 0 Å². The van der Waals surface area contributed by atoms with Crippen LogP contribution in [-0.2, 0) is 16.1 Å². The third-order valence-corrected chi connectivity index (χ3v) is 3.92. The highest BCUT2D eigenvalue weighted by Crippen LogP contribution is 2.06. The molecule has 1 heterocycles. The molecule has 2 rings (SSSR count). The largest absolute Gasteiger partial charge is 0.351 e. The van der Waals surface area contributed by atoms with E-state index in [-0.39, 0.29) is 11.8 Å². The Hall–Kier alpha value is -1.88. The van der Waals surface area contributed by atoms with Crippen LogP contribution in [0.3, 0.4) is 0 Å². The normalized spacial score (nSPS) is 15.8. The summed E-state index contributed by atoms with van der Waals surface area (Å²) in [5.41, 5.74) is 2.33. The minimum absolute atomic E-state index is 0.0366. The van der Waals surface area contributed by atoms with Crippen LogP contribution >= 0.6 is 0 Å². The molecule has 21 heavy (non-hydrogen) atoms. The number of hydrogen-bond donors (Lipinski definition) is 1. The Kier molecular flexibility index (Phi) is 5.33. The average Bonchev–Trinajstić information content (AvgIpc) is 2.47. The quantitative estimate of drug-likeness (QED) is 0.891. The van der Waals surface area contributed by atoms with E-state index < -0.39 is 0 Å². The molecule has 5 heteroatoms. The number of piperazine rings is 1. The first-order valence-corrected chi connectivity index (χ1v) is 7.35. The van der Waals surface area contributed by atoms with Gasteiger partial charge in [0.1, 0.15) is 0 Å². The van der Waals surface area contributed by atoms with Crippen molar-refractivity contribution in [1.82, 2.24) is 15.1 Å². The first kappa shape index (κ1) is 15.5. The molecule has 1 aliphatic heterocycles. The molecule has 0 aliphatic carbocycles. The summed E-state index contributed by atoms with van der Waals surface area (Å²) in [6.45, 7) is 7.54. The SMILES string of the molecule is CC(=O)N1CCN(CC(=O)NCc2ccccc2C)CC1. The molecule has 0 unspecified atom stereocenters. The summed E-state index contributed by atoms with van der Waals surface area (Å²) in [7, 11) is 0. The summed E-state index contributed by atoms with van der Waals surface area (Å²) < 4.78 is 0. The van der Waals surface area contributed by atoms with E-state index in [9.17, 15) is 9.59 Å². The van der Waals surface area contributed by atoms with Gasteiger partial charge in [0.2, 0.25) is 11.8 Å². The maximum atomic E-state index is 12.0. The van der Waals surface area contributed by atoms with Crippen LogP contribution in [-0.4, -0.2) is 54.3 Å². The van der Waals surface area contributed by atoms with E-state index >= 15 is 0 Å². The second-order valence-corrected chi connectivity index (χ2v) is 5.49. The summed E-state index contributed by atoms with van der Waals surface area (Å²) in [5, 5.41) is 2.96. The number of carbonyl (C=O) groups is 2. The third-order valence-electron chi connectivity index (χ3n) is 3.92. The van der Waals surface area contributed by atoms with Gasteiger partial charge in [-0.3, -0.25) is 14.5 Å². The fourth-order valence-corrected chi connectivity index (χ4v) is 2.48. The summed E-state index contributed by atoms with van der Waals surface area (Å²) in [6, 6.07) is 8.05. The van der Waals surface area contributed by atoms with E-state index in [4.69, 9.17) is 0 Å². The lowest BCUT2D eigenvalue weighted by Gasteiger charge is -2.33. The Balaban J connectivity index is 1.73. The summed E-state index contributed by atoms with van der Waals surface area (Å²) in [5.74, 6) is 0.146. The van der Waals surface area contributed by atoms with Gasteiger partial charge in [-0.25, -0.2) is 0 Å². The second kappa shape index (κ2) is 7.22. The van der Waals surface area contributed by atoms with Gasteiger partial charge in [0, 0.05) is 39.6 Å². The molecule has 0 saturated carbocycles. The number of benzene rings is 1. The molecule has 1 aromatic rings. The number of carbonyl (C=O) groups excluding carboxylic acids is 2. The summed E-state index contributed by atoms with van der Waals surface area (Å²) >= 11 is 0. The zero-order chi connectivity index (χ0) is 15.2. The molecule has 0 bridgehead atoms.